The molecule has 0 aliphatic rings. The first-order valence-corrected chi connectivity index (χ1v) is 35.7. The Morgan fingerprint density at radius 1 is 0.366 bits per heavy atom. The molecule has 0 rings (SSSR count). The van der Waals surface area contributed by atoms with E-state index < -0.39 is 18.4 Å². The Labute approximate surface area is 509 Å². The van der Waals surface area contributed by atoms with E-state index in [1.807, 2.05) is 21.1 Å². The molecule has 0 radical (unpaired) electrons. The molecule has 1 N–H and O–H groups in total. The lowest BCUT2D eigenvalue weighted by atomic mass is 10.0. The van der Waals surface area contributed by atoms with Crippen molar-refractivity contribution >= 4 is 17.9 Å². The summed E-state index contributed by atoms with van der Waals surface area (Å²) in [5.74, 6) is -1.97. The molecule has 0 bridgehead atoms. The number of hydrogen-bond donors (Lipinski definition) is 1. The SMILES string of the molecule is CCCCCCC/C=C\C/C=C\C/C=C\CCCCCCCCCCCCCCCCCCCCCCCCCCC(=O)OC(COC(=O)CCCCCCCCCCCCCCCCCCCC)COC(OCC[N+](C)(C)C)C(=O)O. The average Bonchev–Trinajstić information content (AvgIpc) is 3.45. The van der Waals surface area contributed by atoms with Crippen LogP contribution in [0.15, 0.2) is 36.5 Å². The number of quaternary nitrogens is 1. The lowest BCUT2D eigenvalue weighted by Crippen LogP contribution is -2.40. The monoisotopic (exact) mass is 1160 g/mol. The van der Waals surface area contributed by atoms with E-state index in [9.17, 15) is 19.5 Å². The Morgan fingerprint density at radius 2 is 0.659 bits per heavy atom. The Morgan fingerprint density at radius 3 is 0.976 bits per heavy atom. The van der Waals surface area contributed by atoms with E-state index in [1.54, 1.807) is 0 Å². The van der Waals surface area contributed by atoms with Crippen LogP contribution >= 0.6 is 0 Å². The van der Waals surface area contributed by atoms with Gasteiger partial charge in [0.05, 0.1) is 34.4 Å². The van der Waals surface area contributed by atoms with Crippen molar-refractivity contribution in [3.05, 3.63) is 36.5 Å². The van der Waals surface area contributed by atoms with Crippen LogP contribution in [0.3, 0.4) is 0 Å². The van der Waals surface area contributed by atoms with Crippen LogP contribution in [0.25, 0.3) is 0 Å². The number of allylic oxidation sites excluding steroid dienone is 6. The third-order valence-corrected chi connectivity index (χ3v) is 16.1. The number of carbonyl (C=O) groups is 3. The molecule has 0 saturated heterocycles. The Balaban J connectivity index is 3.96. The maximum atomic E-state index is 12.9. The minimum atomic E-state index is -1.51. The highest BCUT2D eigenvalue weighted by Gasteiger charge is 2.25. The number of unbranched alkanes of at least 4 members (excludes halogenated alkanes) is 46. The summed E-state index contributed by atoms with van der Waals surface area (Å²) >= 11 is 0. The number of nitrogens with zero attached hydrogens (tertiary/aromatic N) is 1. The largest absolute Gasteiger partial charge is 0.477 e. The van der Waals surface area contributed by atoms with Crippen LogP contribution in [-0.4, -0.2) is 87.4 Å². The van der Waals surface area contributed by atoms with E-state index in [2.05, 4.69) is 50.3 Å². The van der Waals surface area contributed by atoms with Crippen molar-refractivity contribution in [1.82, 2.24) is 0 Å². The van der Waals surface area contributed by atoms with Crippen LogP contribution in [0.2, 0.25) is 0 Å². The van der Waals surface area contributed by atoms with Gasteiger partial charge in [-0.25, -0.2) is 4.79 Å². The molecule has 0 aliphatic heterocycles. The van der Waals surface area contributed by atoms with E-state index in [0.29, 0.717) is 17.4 Å². The molecule has 482 valence electrons. The van der Waals surface area contributed by atoms with Gasteiger partial charge in [-0.2, -0.15) is 0 Å². The molecule has 0 fully saturated rings. The highest BCUT2D eigenvalue weighted by atomic mass is 16.7. The van der Waals surface area contributed by atoms with Gasteiger partial charge in [0.1, 0.15) is 13.2 Å². The van der Waals surface area contributed by atoms with Crippen LogP contribution in [0, 0.1) is 0 Å². The first kappa shape index (κ1) is 79.5. The molecule has 0 saturated carbocycles. The van der Waals surface area contributed by atoms with Crippen molar-refractivity contribution in [3.8, 4) is 0 Å². The maximum Gasteiger partial charge on any atom is 0.361 e. The summed E-state index contributed by atoms with van der Waals surface area (Å²) in [5.41, 5.74) is 0. The molecule has 2 unspecified atom stereocenters. The third kappa shape index (κ3) is 65.1. The number of hydrogen-bond acceptors (Lipinski definition) is 7. The van der Waals surface area contributed by atoms with Gasteiger partial charge in [-0.3, -0.25) is 9.59 Å². The number of esters is 2. The van der Waals surface area contributed by atoms with E-state index >= 15 is 0 Å². The fraction of sp³-hybridized carbons (Fsp3) is 0.877. The average molecular weight is 1160 g/mol. The number of carboxylic acids is 1. The van der Waals surface area contributed by atoms with Crippen LogP contribution in [0.4, 0.5) is 0 Å². The Kier molecular flexibility index (Phi) is 62.5. The maximum absolute atomic E-state index is 12.9. The molecule has 2 atom stereocenters. The Hall–Kier alpha value is -2.49. The van der Waals surface area contributed by atoms with Crippen LogP contribution in [0.5, 0.6) is 0 Å². The molecule has 0 aliphatic carbocycles. The molecular formula is C73H138NO8+. The highest BCUT2D eigenvalue weighted by molar-refractivity contribution is 5.71. The molecule has 0 aromatic carbocycles. The molecule has 9 heteroatoms. The molecule has 0 heterocycles. The van der Waals surface area contributed by atoms with E-state index in [1.165, 1.54) is 276 Å². The predicted octanol–water partition coefficient (Wildman–Crippen LogP) is 22.0. The zero-order valence-electron chi connectivity index (χ0n) is 55.2. The van der Waals surface area contributed by atoms with Gasteiger partial charge in [-0.1, -0.05) is 326 Å². The van der Waals surface area contributed by atoms with Crippen molar-refractivity contribution in [3.63, 3.8) is 0 Å². The van der Waals surface area contributed by atoms with Crippen molar-refractivity contribution < 1.29 is 42.9 Å². The number of likely N-dealkylation sites (N-methyl/N-ethyl adjacent to an activating group) is 1. The molecule has 0 spiro atoms. The van der Waals surface area contributed by atoms with Crippen LogP contribution < -0.4 is 0 Å². The van der Waals surface area contributed by atoms with Crippen molar-refractivity contribution in [2.75, 3.05) is 47.5 Å². The van der Waals surface area contributed by atoms with Crippen molar-refractivity contribution in [1.29, 1.82) is 0 Å². The van der Waals surface area contributed by atoms with Gasteiger partial charge < -0.3 is 28.5 Å². The van der Waals surface area contributed by atoms with Crippen molar-refractivity contribution in [2.45, 2.75) is 367 Å². The lowest BCUT2D eigenvalue weighted by molar-refractivity contribution is -0.870. The fourth-order valence-corrected chi connectivity index (χ4v) is 10.7. The lowest BCUT2D eigenvalue weighted by Gasteiger charge is -2.25. The minimum Gasteiger partial charge on any atom is -0.477 e. The summed E-state index contributed by atoms with van der Waals surface area (Å²) in [5, 5.41) is 9.73. The van der Waals surface area contributed by atoms with Gasteiger partial charge in [0.15, 0.2) is 6.10 Å². The topological polar surface area (TPSA) is 108 Å². The first-order valence-electron chi connectivity index (χ1n) is 35.7. The quantitative estimate of drug-likeness (QED) is 0.0211. The van der Waals surface area contributed by atoms with Crippen molar-refractivity contribution in [2.24, 2.45) is 0 Å². The predicted molar refractivity (Wildman–Crippen MR) is 351 cm³/mol. The van der Waals surface area contributed by atoms with E-state index in [4.69, 9.17) is 18.9 Å². The first-order chi connectivity index (χ1) is 40.1. The number of ether oxygens (including phenoxy) is 4. The third-order valence-electron chi connectivity index (χ3n) is 16.1. The zero-order valence-corrected chi connectivity index (χ0v) is 55.2. The summed E-state index contributed by atoms with van der Waals surface area (Å²) in [6.07, 6.45) is 78.5. The summed E-state index contributed by atoms with van der Waals surface area (Å²) in [7, 11) is 5.99. The minimum absolute atomic E-state index is 0.175. The van der Waals surface area contributed by atoms with Gasteiger partial charge in [-0.15, -0.1) is 0 Å². The second-order valence-corrected chi connectivity index (χ2v) is 25.6. The summed E-state index contributed by atoms with van der Waals surface area (Å²) < 4.78 is 23.0. The standard InChI is InChI=1S/C73H137NO8/c1-6-8-10-12-14-16-18-20-22-24-26-27-28-29-30-31-32-33-34-35-36-37-38-39-40-41-42-43-44-45-46-48-50-52-54-56-58-60-62-64-71(76)82-69(68-81-73(72(77)78)79-66-65-74(3,4)5)67-80-70(75)63-61-59-57-55-53-51-49-47-25-23-21-19-17-15-13-11-9-7-2/h18,20,24,26,28-29,69,73H,6-17,19,21-23,25,27,30-68H2,1-5H3/p+1/b20-18-,26-24-,29-28-. The molecular weight excluding hydrogens is 1020 g/mol. The number of carbonyl (C=O) groups excluding carboxylic acids is 2. The van der Waals surface area contributed by atoms with Crippen LogP contribution in [-0.2, 0) is 33.3 Å². The highest BCUT2D eigenvalue weighted by Crippen LogP contribution is 2.19. The van der Waals surface area contributed by atoms with Gasteiger partial charge in [0.25, 0.3) is 6.29 Å². The second kappa shape index (κ2) is 64.5. The van der Waals surface area contributed by atoms with Gasteiger partial charge >= 0.3 is 17.9 Å². The van der Waals surface area contributed by atoms with Gasteiger partial charge in [-0.05, 0) is 51.4 Å². The summed E-state index contributed by atoms with van der Waals surface area (Å²) in [6, 6.07) is 0. The Bertz CT molecular complexity index is 1440. The zero-order chi connectivity index (χ0) is 59.8. The molecule has 0 amide bonds. The second-order valence-electron chi connectivity index (χ2n) is 25.6. The number of carboxylic acid groups (broad SMARTS) is 1. The molecule has 82 heavy (non-hydrogen) atoms. The molecule has 0 aromatic rings. The van der Waals surface area contributed by atoms with Gasteiger partial charge in [0.2, 0.25) is 0 Å². The normalized spacial score (nSPS) is 12.8. The molecule has 9 nitrogen and oxygen atoms in total. The van der Waals surface area contributed by atoms with E-state index in [0.717, 1.165) is 51.4 Å². The van der Waals surface area contributed by atoms with Gasteiger partial charge in [0, 0.05) is 12.8 Å². The number of aliphatic carboxylic acids is 1. The summed E-state index contributed by atoms with van der Waals surface area (Å²) in [4.78, 5) is 37.6. The van der Waals surface area contributed by atoms with Crippen LogP contribution in [0.1, 0.15) is 354 Å². The number of rotatable bonds is 67. The molecule has 0 aromatic heterocycles. The smallest absolute Gasteiger partial charge is 0.361 e. The summed E-state index contributed by atoms with van der Waals surface area (Å²) in [6.45, 7) is 4.93. The fourth-order valence-electron chi connectivity index (χ4n) is 10.7. The van der Waals surface area contributed by atoms with E-state index in [-0.39, 0.29) is 38.2 Å².